The Hall–Kier alpha value is -1.79. The minimum absolute atomic E-state index is 0.658. The molecule has 2 atom stereocenters. The summed E-state index contributed by atoms with van der Waals surface area (Å²) in [6.07, 6.45) is 3.36. The van der Waals surface area contributed by atoms with Crippen LogP contribution in [0.15, 0.2) is 24.4 Å². The van der Waals surface area contributed by atoms with Gasteiger partial charge in [-0.05, 0) is 55.6 Å². The second-order valence-electron chi connectivity index (χ2n) is 4.78. The van der Waals surface area contributed by atoms with Gasteiger partial charge in [-0.3, -0.25) is 0 Å². The highest BCUT2D eigenvalue weighted by atomic mass is 14.8. The van der Waals surface area contributed by atoms with Gasteiger partial charge in [0, 0.05) is 17.1 Å². The van der Waals surface area contributed by atoms with Gasteiger partial charge in [0.15, 0.2) is 0 Å². The highest BCUT2D eigenvalue weighted by Crippen LogP contribution is 2.49. The Morgan fingerprint density at radius 3 is 3.18 bits per heavy atom. The molecule has 0 radical (unpaired) electrons. The summed E-state index contributed by atoms with van der Waals surface area (Å²) >= 11 is 0. The third-order valence-corrected chi connectivity index (χ3v) is 3.63. The molecule has 3 rings (SSSR count). The predicted octanol–water partition coefficient (Wildman–Crippen LogP) is 2.36. The van der Waals surface area contributed by atoms with Gasteiger partial charge in [0.25, 0.3) is 0 Å². The lowest BCUT2D eigenvalue weighted by molar-refractivity contribution is 0.699. The van der Waals surface area contributed by atoms with E-state index >= 15 is 0 Å². The lowest BCUT2D eigenvalue weighted by Gasteiger charge is -1.99. The lowest BCUT2D eigenvalue weighted by Crippen LogP contribution is -2.10. The Morgan fingerprint density at radius 2 is 2.41 bits per heavy atom. The fraction of sp³-hybridized carbons (Fsp3) is 0.357. The normalized spacial score (nSPS) is 22.6. The van der Waals surface area contributed by atoms with Crippen molar-refractivity contribution in [3.63, 3.8) is 0 Å². The molecule has 1 fully saturated rings. The zero-order valence-corrected chi connectivity index (χ0v) is 9.83. The zero-order valence-electron chi connectivity index (χ0n) is 9.83. The first-order valence-electron chi connectivity index (χ1n) is 5.99. The van der Waals surface area contributed by atoms with Crippen molar-refractivity contribution in [1.29, 1.82) is 5.26 Å². The van der Waals surface area contributed by atoms with Crippen molar-refractivity contribution in [3.05, 3.63) is 35.5 Å². The number of aromatic amines is 1. The standard InChI is InChI=1S/C14H15N3/c1-16-7-10-5-11(10)13-8-17-14-3-2-9(6-15)4-12(13)14/h2-4,8,10-11,16-17H,5,7H2,1H3/t10-,11?/m1/s1. The van der Waals surface area contributed by atoms with Crippen molar-refractivity contribution in [1.82, 2.24) is 10.3 Å². The molecule has 3 heteroatoms. The van der Waals surface area contributed by atoms with Crippen molar-refractivity contribution in [2.24, 2.45) is 5.92 Å². The molecule has 1 unspecified atom stereocenters. The molecule has 0 aliphatic heterocycles. The molecule has 1 aromatic carbocycles. The van der Waals surface area contributed by atoms with Crippen molar-refractivity contribution in [2.75, 3.05) is 13.6 Å². The van der Waals surface area contributed by atoms with Gasteiger partial charge in [0.1, 0.15) is 0 Å². The van der Waals surface area contributed by atoms with Gasteiger partial charge >= 0.3 is 0 Å². The number of nitriles is 1. The molecular formula is C14H15N3. The number of benzene rings is 1. The average molecular weight is 225 g/mol. The quantitative estimate of drug-likeness (QED) is 0.842. The third-order valence-electron chi connectivity index (χ3n) is 3.63. The lowest BCUT2D eigenvalue weighted by atomic mass is 10.1. The second-order valence-corrected chi connectivity index (χ2v) is 4.78. The minimum Gasteiger partial charge on any atom is -0.361 e. The van der Waals surface area contributed by atoms with Crippen LogP contribution in [0.5, 0.6) is 0 Å². The molecule has 0 saturated heterocycles. The van der Waals surface area contributed by atoms with Crippen LogP contribution in [-0.2, 0) is 0 Å². The number of rotatable bonds is 3. The maximum atomic E-state index is 8.95. The number of nitrogens with zero attached hydrogens (tertiary/aromatic N) is 1. The maximum absolute atomic E-state index is 8.95. The summed E-state index contributed by atoms with van der Waals surface area (Å²) in [4.78, 5) is 3.29. The summed E-state index contributed by atoms with van der Waals surface area (Å²) in [5.74, 6) is 1.41. The molecule has 3 nitrogen and oxygen atoms in total. The fourth-order valence-corrected chi connectivity index (χ4v) is 2.63. The van der Waals surface area contributed by atoms with E-state index in [4.69, 9.17) is 5.26 Å². The monoisotopic (exact) mass is 225 g/mol. The zero-order chi connectivity index (χ0) is 11.8. The van der Waals surface area contributed by atoms with Crippen LogP contribution in [0.4, 0.5) is 0 Å². The number of nitrogens with one attached hydrogen (secondary N) is 2. The Bertz CT molecular complexity index is 591. The average Bonchev–Trinajstić information content (AvgIpc) is 2.99. The molecule has 2 aromatic rings. The fourth-order valence-electron chi connectivity index (χ4n) is 2.63. The smallest absolute Gasteiger partial charge is 0.0991 e. The van der Waals surface area contributed by atoms with Crippen molar-refractivity contribution >= 4 is 10.9 Å². The van der Waals surface area contributed by atoms with Gasteiger partial charge in [0.05, 0.1) is 11.6 Å². The van der Waals surface area contributed by atoms with Crippen LogP contribution in [0.25, 0.3) is 10.9 Å². The molecule has 17 heavy (non-hydrogen) atoms. The van der Waals surface area contributed by atoms with Crippen LogP contribution in [0.3, 0.4) is 0 Å². The van der Waals surface area contributed by atoms with Crippen LogP contribution in [0, 0.1) is 17.2 Å². The van der Waals surface area contributed by atoms with E-state index in [1.165, 1.54) is 17.4 Å². The molecular weight excluding hydrogens is 210 g/mol. The van der Waals surface area contributed by atoms with Crippen molar-refractivity contribution in [3.8, 4) is 6.07 Å². The highest BCUT2D eigenvalue weighted by molar-refractivity contribution is 5.85. The van der Waals surface area contributed by atoms with E-state index in [0.29, 0.717) is 5.92 Å². The number of fused-ring (bicyclic) bond motifs is 1. The van der Waals surface area contributed by atoms with Gasteiger partial charge in [-0.1, -0.05) is 0 Å². The van der Waals surface area contributed by atoms with Crippen LogP contribution >= 0.6 is 0 Å². The Morgan fingerprint density at radius 1 is 1.53 bits per heavy atom. The molecule has 0 amide bonds. The molecule has 1 aromatic heterocycles. The topological polar surface area (TPSA) is 51.6 Å². The first-order valence-corrected chi connectivity index (χ1v) is 5.99. The number of H-pyrrole nitrogens is 1. The molecule has 86 valence electrons. The number of aromatic nitrogens is 1. The van der Waals surface area contributed by atoms with Gasteiger partial charge in [0.2, 0.25) is 0 Å². The minimum atomic E-state index is 0.658. The Kier molecular flexibility index (Phi) is 2.38. The summed E-state index contributed by atoms with van der Waals surface area (Å²) in [7, 11) is 2.00. The van der Waals surface area contributed by atoms with Gasteiger partial charge in [-0.25, -0.2) is 0 Å². The van der Waals surface area contributed by atoms with E-state index in [9.17, 15) is 0 Å². The second kappa shape index (κ2) is 3.90. The van der Waals surface area contributed by atoms with Crippen molar-refractivity contribution in [2.45, 2.75) is 12.3 Å². The van der Waals surface area contributed by atoms with Gasteiger partial charge in [-0.2, -0.15) is 5.26 Å². The first kappa shape index (κ1) is 10.4. The van der Waals surface area contributed by atoms with Crippen LogP contribution < -0.4 is 5.32 Å². The molecule has 1 aliphatic carbocycles. The Labute approximate surface area is 100 Å². The molecule has 0 spiro atoms. The first-order chi connectivity index (χ1) is 8.33. The maximum Gasteiger partial charge on any atom is 0.0991 e. The van der Waals surface area contributed by atoms with Crippen molar-refractivity contribution < 1.29 is 0 Å². The summed E-state index contributed by atoms with van der Waals surface area (Å²) in [6, 6.07) is 8.06. The van der Waals surface area contributed by atoms with E-state index in [1.807, 2.05) is 25.2 Å². The molecule has 0 bridgehead atoms. The number of hydrogen-bond donors (Lipinski definition) is 2. The van der Waals surface area contributed by atoms with E-state index in [-0.39, 0.29) is 0 Å². The predicted molar refractivity (Wildman–Crippen MR) is 67.8 cm³/mol. The van der Waals surface area contributed by atoms with Crippen LogP contribution in [0.2, 0.25) is 0 Å². The van der Waals surface area contributed by atoms with E-state index in [1.54, 1.807) is 0 Å². The van der Waals surface area contributed by atoms with E-state index < -0.39 is 0 Å². The van der Waals surface area contributed by atoms with Gasteiger partial charge < -0.3 is 10.3 Å². The summed E-state index contributed by atoms with van der Waals surface area (Å²) in [5, 5.41) is 13.4. The molecule has 1 saturated carbocycles. The van der Waals surface area contributed by atoms with E-state index in [2.05, 4.69) is 22.6 Å². The summed E-state index contributed by atoms with van der Waals surface area (Å²) < 4.78 is 0. The highest BCUT2D eigenvalue weighted by Gasteiger charge is 2.38. The SMILES string of the molecule is CNC[C@H]1CC1c1c[nH]c2ccc(C#N)cc12. The van der Waals surface area contributed by atoms with Crippen LogP contribution in [-0.4, -0.2) is 18.6 Å². The summed E-state index contributed by atoms with van der Waals surface area (Å²) in [5.41, 5.74) is 3.25. The molecule has 1 aliphatic rings. The summed E-state index contributed by atoms with van der Waals surface area (Å²) in [6.45, 7) is 1.08. The third kappa shape index (κ3) is 1.71. The largest absolute Gasteiger partial charge is 0.361 e. The number of hydrogen-bond acceptors (Lipinski definition) is 2. The van der Waals surface area contributed by atoms with Gasteiger partial charge in [-0.15, -0.1) is 0 Å². The molecule has 2 N–H and O–H groups in total. The van der Waals surface area contributed by atoms with E-state index in [0.717, 1.165) is 23.5 Å². The Balaban J connectivity index is 1.98. The van der Waals surface area contributed by atoms with Crippen LogP contribution in [0.1, 0.15) is 23.5 Å². The molecule has 1 heterocycles.